The molecule has 1 aromatic rings. The summed E-state index contributed by atoms with van der Waals surface area (Å²) in [5.41, 5.74) is 0.300. The van der Waals surface area contributed by atoms with Crippen LogP contribution in [0.2, 0.25) is 0 Å². The third-order valence-corrected chi connectivity index (χ3v) is 4.18. The minimum Gasteiger partial charge on any atom is -0.444 e. The normalized spacial score (nSPS) is 19.2. The number of likely N-dealkylation sites (tertiary alicyclic amines) is 1. The van der Waals surface area contributed by atoms with Crippen molar-refractivity contribution in [2.75, 3.05) is 13.1 Å². The number of nitrogens with zero attached hydrogens (tertiary/aromatic N) is 1. The highest BCUT2D eigenvalue weighted by molar-refractivity contribution is 7.10. The first-order chi connectivity index (χ1) is 9.28. The summed E-state index contributed by atoms with van der Waals surface area (Å²) in [7, 11) is 0. The molecule has 20 heavy (non-hydrogen) atoms. The molecule has 110 valence electrons. The predicted octanol–water partition coefficient (Wildman–Crippen LogP) is 3.50. The van der Waals surface area contributed by atoms with Crippen LogP contribution < -0.4 is 0 Å². The average Bonchev–Trinajstić information content (AvgIpc) is 2.94. The largest absolute Gasteiger partial charge is 0.444 e. The van der Waals surface area contributed by atoms with Gasteiger partial charge in [-0.3, -0.25) is 4.79 Å². The number of rotatable bonds is 2. The van der Waals surface area contributed by atoms with E-state index >= 15 is 0 Å². The Kier molecular flexibility index (Phi) is 4.18. The lowest BCUT2D eigenvalue weighted by molar-refractivity contribution is 0.0289. The van der Waals surface area contributed by atoms with Crippen LogP contribution in [-0.2, 0) is 4.74 Å². The molecule has 1 saturated heterocycles. The van der Waals surface area contributed by atoms with Crippen molar-refractivity contribution in [1.82, 2.24) is 4.90 Å². The second kappa shape index (κ2) is 5.56. The molecule has 1 fully saturated rings. The van der Waals surface area contributed by atoms with E-state index in [1.165, 1.54) is 0 Å². The number of hydrogen-bond acceptors (Lipinski definition) is 4. The maximum Gasteiger partial charge on any atom is 0.410 e. The van der Waals surface area contributed by atoms with Crippen molar-refractivity contribution < 1.29 is 14.3 Å². The van der Waals surface area contributed by atoms with Crippen LogP contribution in [0.4, 0.5) is 4.79 Å². The minimum absolute atomic E-state index is 0.101. The maximum atomic E-state index is 12.4. The molecule has 1 atom stereocenters. The number of thiophene rings is 1. The Balaban J connectivity index is 1.97. The molecule has 2 rings (SSSR count). The summed E-state index contributed by atoms with van der Waals surface area (Å²) in [6, 6.07) is 1.87. The third kappa shape index (κ3) is 3.39. The lowest BCUT2D eigenvalue weighted by atomic mass is 9.98. The van der Waals surface area contributed by atoms with Gasteiger partial charge in [-0.15, -0.1) is 11.3 Å². The van der Waals surface area contributed by atoms with Crippen LogP contribution >= 0.6 is 11.3 Å². The quantitative estimate of drug-likeness (QED) is 0.785. The first kappa shape index (κ1) is 15.0. The van der Waals surface area contributed by atoms with E-state index in [0.29, 0.717) is 19.5 Å². The molecule has 1 amide bonds. The summed E-state index contributed by atoms with van der Waals surface area (Å²) in [5.74, 6) is 0.0469. The standard InChI is InChI=1S/C15H21NO3S/c1-10-12(6-8-20-10)13(17)11-5-7-16(9-11)14(18)19-15(2,3)4/h6,8,11H,5,7,9H2,1-4H3. The highest BCUT2D eigenvalue weighted by Crippen LogP contribution is 2.26. The second-order valence-corrected chi connectivity index (χ2v) is 7.29. The molecule has 4 nitrogen and oxygen atoms in total. The maximum absolute atomic E-state index is 12.4. The molecule has 2 heterocycles. The van der Waals surface area contributed by atoms with Crippen LogP contribution in [0.1, 0.15) is 42.4 Å². The molecule has 0 aromatic carbocycles. The van der Waals surface area contributed by atoms with Gasteiger partial charge in [-0.1, -0.05) is 0 Å². The Hall–Kier alpha value is -1.36. The van der Waals surface area contributed by atoms with Crippen LogP contribution in [0, 0.1) is 12.8 Å². The van der Waals surface area contributed by atoms with Gasteiger partial charge in [-0.05, 0) is 45.6 Å². The van der Waals surface area contributed by atoms with Gasteiger partial charge in [0.15, 0.2) is 5.78 Å². The first-order valence-corrected chi connectivity index (χ1v) is 7.72. The van der Waals surface area contributed by atoms with Crippen molar-refractivity contribution in [3.05, 3.63) is 21.9 Å². The summed E-state index contributed by atoms with van der Waals surface area (Å²) in [5, 5.41) is 1.93. The van der Waals surface area contributed by atoms with Crippen molar-refractivity contribution in [2.24, 2.45) is 5.92 Å². The fourth-order valence-electron chi connectivity index (χ4n) is 2.33. The Morgan fingerprint density at radius 1 is 1.40 bits per heavy atom. The monoisotopic (exact) mass is 295 g/mol. The fourth-order valence-corrected chi connectivity index (χ4v) is 3.03. The summed E-state index contributed by atoms with van der Waals surface area (Å²) in [6.07, 6.45) is 0.391. The van der Waals surface area contributed by atoms with E-state index in [0.717, 1.165) is 10.4 Å². The van der Waals surface area contributed by atoms with Gasteiger partial charge in [-0.25, -0.2) is 4.79 Å². The van der Waals surface area contributed by atoms with Gasteiger partial charge in [-0.2, -0.15) is 0 Å². The fraction of sp³-hybridized carbons (Fsp3) is 0.600. The van der Waals surface area contributed by atoms with Crippen molar-refractivity contribution >= 4 is 23.2 Å². The van der Waals surface area contributed by atoms with E-state index < -0.39 is 5.60 Å². The van der Waals surface area contributed by atoms with Gasteiger partial charge in [0.05, 0.1) is 0 Å². The number of hydrogen-bond donors (Lipinski definition) is 0. The van der Waals surface area contributed by atoms with Crippen LogP contribution in [-0.4, -0.2) is 35.5 Å². The number of Topliss-reactive ketones (excluding diaryl/α,β-unsaturated/α-hetero) is 1. The van der Waals surface area contributed by atoms with Gasteiger partial charge in [0.25, 0.3) is 0 Å². The third-order valence-electron chi connectivity index (χ3n) is 3.34. The lowest BCUT2D eigenvalue weighted by Gasteiger charge is -2.24. The zero-order chi connectivity index (χ0) is 14.9. The molecular weight excluding hydrogens is 274 g/mol. The molecule has 1 aliphatic heterocycles. The van der Waals surface area contributed by atoms with E-state index in [2.05, 4.69) is 0 Å². The summed E-state index contributed by atoms with van der Waals surface area (Å²) in [6.45, 7) is 8.55. The Morgan fingerprint density at radius 3 is 2.65 bits per heavy atom. The van der Waals surface area contributed by atoms with Gasteiger partial charge >= 0.3 is 6.09 Å². The number of carbonyl (C=O) groups is 2. The summed E-state index contributed by atoms with van der Waals surface area (Å²) >= 11 is 1.58. The topological polar surface area (TPSA) is 46.6 Å². The van der Waals surface area contributed by atoms with Crippen LogP contribution in [0.15, 0.2) is 11.4 Å². The number of aryl methyl sites for hydroxylation is 1. The Bertz CT molecular complexity index is 515. The van der Waals surface area contributed by atoms with E-state index in [-0.39, 0.29) is 17.8 Å². The van der Waals surface area contributed by atoms with Gasteiger partial charge in [0.2, 0.25) is 0 Å². The van der Waals surface area contributed by atoms with Crippen LogP contribution in [0.3, 0.4) is 0 Å². The van der Waals surface area contributed by atoms with E-state index in [1.54, 1.807) is 16.2 Å². The van der Waals surface area contributed by atoms with E-state index in [9.17, 15) is 9.59 Å². The SMILES string of the molecule is Cc1sccc1C(=O)C1CCN(C(=O)OC(C)(C)C)C1. The molecule has 5 heteroatoms. The zero-order valence-corrected chi connectivity index (χ0v) is 13.3. The number of amides is 1. The van der Waals surface area contributed by atoms with Crippen LogP contribution in [0.5, 0.6) is 0 Å². The Labute approximate surface area is 123 Å². The highest BCUT2D eigenvalue weighted by Gasteiger charge is 2.34. The number of ether oxygens (including phenoxy) is 1. The molecular formula is C15H21NO3S. The van der Waals surface area contributed by atoms with Gasteiger partial charge in [0, 0.05) is 29.4 Å². The number of ketones is 1. The molecule has 1 aliphatic rings. The molecule has 0 radical (unpaired) electrons. The molecule has 0 bridgehead atoms. The molecule has 1 aromatic heterocycles. The molecule has 0 aliphatic carbocycles. The molecule has 0 N–H and O–H groups in total. The highest BCUT2D eigenvalue weighted by atomic mass is 32.1. The lowest BCUT2D eigenvalue weighted by Crippen LogP contribution is -2.35. The molecule has 0 saturated carbocycles. The van der Waals surface area contributed by atoms with Crippen molar-refractivity contribution in [3.8, 4) is 0 Å². The molecule has 1 unspecified atom stereocenters. The van der Waals surface area contributed by atoms with Gasteiger partial charge < -0.3 is 9.64 Å². The van der Waals surface area contributed by atoms with Crippen LogP contribution in [0.25, 0.3) is 0 Å². The average molecular weight is 295 g/mol. The van der Waals surface area contributed by atoms with Crippen molar-refractivity contribution in [3.63, 3.8) is 0 Å². The van der Waals surface area contributed by atoms with Gasteiger partial charge in [0.1, 0.15) is 5.60 Å². The molecule has 0 spiro atoms. The number of carbonyl (C=O) groups excluding carboxylic acids is 2. The minimum atomic E-state index is -0.497. The Morgan fingerprint density at radius 2 is 2.10 bits per heavy atom. The smallest absolute Gasteiger partial charge is 0.410 e. The zero-order valence-electron chi connectivity index (χ0n) is 12.4. The van der Waals surface area contributed by atoms with E-state index in [1.807, 2.05) is 39.1 Å². The summed E-state index contributed by atoms with van der Waals surface area (Å²) < 4.78 is 5.34. The van der Waals surface area contributed by atoms with Crippen molar-refractivity contribution in [1.29, 1.82) is 0 Å². The first-order valence-electron chi connectivity index (χ1n) is 6.84. The summed E-state index contributed by atoms with van der Waals surface area (Å²) in [4.78, 5) is 27.1. The predicted molar refractivity (Wildman–Crippen MR) is 79.3 cm³/mol. The van der Waals surface area contributed by atoms with E-state index in [4.69, 9.17) is 4.74 Å². The van der Waals surface area contributed by atoms with Crippen molar-refractivity contribution in [2.45, 2.75) is 39.7 Å². The second-order valence-electron chi connectivity index (χ2n) is 6.17.